The van der Waals surface area contributed by atoms with Gasteiger partial charge in [-0.05, 0) is 38.1 Å². The van der Waals surface area contributed by atoms with Crippen molar-refractivity contribution in [2.45, 2.75) is 57.5 Å². The van der Waals surface area contributed by atoms with Crippen molar-refractivity contribution in [2.24, 2.45) is 5.92 Å². The summed E-state index contributed by atoms with van der Waals surface area (Å²) in [5, 5.41) is 3.18. The second kappa shape index (κ2) is 7.25. The van der Waals surface area contributed by atoms with Crippen LogP contribution in [0.25, 0.3) is 0 Å². The lowest BCUT2D eigenvalue weighted by molar-refractivity contribution is -0.134. The van der Waals surface area contributed by atoms with Crippen LogP contribution in [0.5, 0.6) is 0 Å². The van der Waals surface area contributed by atoms with E-state index in [1.54, 1.807) is 19.0 Å². The molecule has 2 amide bonds. The molecule has 2 aliphatic rings. The monoisotopic (exact) mass is 295 g/mol. The molecule has 1 N–H and O–H groups in total. The van der Waals surface area contributed by atoms with Gasteiger partial charge in [-0.25, -0.2) is 0 Å². The minimum Gasteiger partial charge on any atom is -0.352 e. The van der Waals surface area contributed by atoms with Crippen molar-refractivity contribution in [1.82, 2.24) is 15.1 Å². The van der Waals surface area contributed by atoms with Crippen LogP contribution in [0.1, 0.15) is 45.4 Å². The second-order valence-electron chi connectivity index (χ2n) is 6.80. The first-order chi connectivity index (χ1) is 9.99. The lowest BCUT2D eigenvalue weighted by atomic mass is 9.86. The van der Waals surface area contributed by atoms with E-state index in [4.69, 9.17) is 0 Å². The van der Waals surface area contributed by atoms with Crippen molar-refractivity contribution in [3.8, 4) is 0 Å². The maximum atomic E-state index is 12.3. The molecule has 1 aliphatic heterocycles. The first-order valence-corrected chi connectivity index (χ1v) is 8.23. The predicted octanol–water partition coefficient (Wildman–Crippen LogP) is 1.23. The fourth-order valence-corrected chi connectivity index (χ4v) is 3.56. The summed E-state index contributed by atoms with van der Waals surface area (Å²) in [6, 6.07) is 0.200. The van der Waals surface area contributed by atoms with Crippen LogP contribution in [0, 0.1) is 5.92 Å². The molecule has 0 aromatic carbocycles. The van der Waals surface area contributed by atoms with Gasteiger partial charge in [-0.3, -0.25) is 14.5 Å². The Balaban J connectivity index is 1.85. The molecule has 0 unspecified atom stereocenters. The summed E-state index contributed by atoms with van der Waals surface area (Å²) in [4.78, 5) is 28.1. The molecule has 0 bridgehead atoms. The van der Waals surface area contributed by atoms with E-state index < -0.39 is 0 Å². The third kappa shape index (κ3) is 4.19. The molecule has 0 radical (unpaired) electrons. The first-order valence-electron chi connectivity index (χ1n) is 8.23. The summed E-state index contributed by atoms with van der Waals surface area (Å²) < 4.78 is 0. The van der Waals surface area contributed by atoms with Crippen LogP contribution in [0.3, 0.4) is 0 Å². The third-order valence-corrected chi connectivity index (χ3v) is 4.89. The van der Waals surface area contributed by atoms with Gasteiger partial charge in [-0.2, -0.15) is 0 Å². The molecule has 0 aromatic rings. The van der Waals surface area contributed by atoms with Crippen LogP contribution in [-0.4, -0.2) is 60.9 Å². The highest BCUT2D eigenvalue weighted by Gasteiger charge is 2.33. The maximum Gasteiger partial charge on any atom is 0.239 e. The predicted molar refractivity (Wildman–Crippen MR) is 82.9 cm³/mol. The van der Waals surface area contributed by atoms with Gasteiger partial charge in [0.15, 0.2) is 0 Å². The number of rotatable bonds is 4. The Bertz CT molecular complexity index is 384. The highest BCUT2D eigenvalue weighted by Crippen LogP contribution is 2.24. The highest BCUT2D eigenvalue weighted by atomic mass is 16.2. The highest BCUT2D eigenvalue weighted by molar-refractivity contribution is 5.83. The van der Waals surface area contributed by atoms with Crippen LogP contribution in [0.2, 0.25) is 0 Å². The van der Waals surface area contributed by atoms with E-state index in [2.05, 4.69) is 12.2 Å². The van der Waals surface area contributed by atoms with E-state index in [1.807, 2.05) is 4.90 Å². The molecule has 3 atom stereocenters. The van der Waals surface area contributed by atoms with Gasteiger partial charge in [0.05, 0.1) is 12.6 Å². The zero-order chi connectivity index (χ0) is 15.4. The second-order valence-corrected chi connectivity index (χ2v) is 6.80. The largest absolute Gasteiger partial charge is 0.352 e. The summed E-state index contributed by atoms with van der Waals surface area (Å²) in [7, 11) is 3.56. The Morgan fingerprint density at radius 3 is 2.52 bits per heavy atom. The van der Waals surface area contributed by atoms with Gasteiger partial charge in [-0.15, -0.1) is 0 Å². The zero-order valence-electron chi connectivity index (χ0n) is 13.6. The Morgan fingerprint density at radius 2 is 1.86 bits per heavy atom. The Morgan fingerprint density at radius 1 is 1.14 bits per heavy atom. The topological polar surface area (TPSA) is 52.7 Å². The van der Waals surface area contributed by atoms with Crippen molar-refractivity contribution < 1.29 is 9.59 Å². The van der Waals surface area contributed by atoms with E-state index in [1.165, 1.54) is 19.3 Å². The van der Waals surface area contributed by atoms with Gasteiger partial charge in [0.1, 0.15) is 0 Å². The lowest BCUT2D eigenvalue weighted by Crippen LogP contribution is -2.49. The van der Waals surface area contributed by atoms with Crippen LogP contribution >= 0.6 is 0 Å². The van der Waals surface area contributed by atoms with Crippen LogP contribution in [0.15, 0.2) is 0 Å². The molecule has 21 heavy (non-hydrogen) atoms. The number of likely N-dealkylation sites (N-methyl/N-ethyl adjacent to an activating group) is 1. The van der Waals surface area contributed by atoms with E-state index in [-0.39, 0.29) is 17.9 Å². The molecule has 5 heteroatoms. The van der Waals surface area contributed by atoms with E-state index in [9.17, 15) is 9.59 Å². The van der Waals surface area contributed by atoms with Crippen molar-refractivity contribution in [2.75, 3.05) is 27.2 Å². The third-order valence-electron chi connectivity index (χ3n) is 4.89. The standard InChI is InChI=1S/C16H29N3O2/c1-12-7-4-5-8-13(12)17-15(20)11-19-10-6-9-14(19)16(21)18(2)3/h12-14H,4-11H2,1-3H3,(H,17,20)/t12-,13+,14-/m1/s1. The number of nitrogens with zero attached hydrogens (tertiary/aromatic N) is 2. The van der Waals surface area contributed by atoms with Gasteiger partial charge >= 0.3 is 0 Å². The van der Waals surface area contributed by atoms with Crippen molar-refractivity contribution in [1.29, 1.82) is 0 Å². The van der Waals surface area contributed by atoms with Gasteiger partial charge in [0.25, 0.3) is 0 Å². The van der Waals surface area contributed by atoms with Gasteiger partial charge in [0, 0.05) is 20.1 Å². The summed E-state index contributed by atoms with van der Waals surface area (Å²) in [6.07, 6.45) is 6.64. The quantitative estimate of drug-likeness (QED) is 0.849. The summed E-state index contributed by atoms with van der Waals surface area (Å²) >= 11 is 0. The zero-order valence-corrected chi connectivity index (χ0v) is 13.6. The average molecular weight is 295 g/mol. The molecule has 5 nitrogen and oxygen atoms in total. The fourth-order valence-electron chi connectivity index (χ4n) is 3.56. The van der Waals surface area contributed by atoms with Crippen LogP contribution in [0.4, 0.5) is 0 Å². The molecule has 120 valence electrons. The summed E-state index contributed by atoms with van der Waals surface area (Å²) in [5.74, 6) is 0.763. The molecule has 1 saturated carbocycles. The van der Waals surface area contributed by atoms with E-state index >= 15 is 0 Å². The maximum absolute atomic E-state index is 12.3. The number of nitrogens with one attached hydrogen (secondary N) is 1. The number of carbonyl (C=O) groups is 2. The average Bonchev–Trinajstić information content (AvgIpc) is 2.88. The molecule has 1 aliphatic carbocycles. The molecular weight excluding hydrogens is 266 g/mol. The number of hydrogen-bond acceptors (Lipinski definition) is 3. The molecule has 0 aromatic heterocycles. The Kier molecular flexibility index (Phi) is 5.62. The van der Waals surface area contributed by atoms with Gasteiger partial charge < -0.3 is 10.2 Å². The minimum absolute atomic E-state index is 0.0761. The molecular formula is C16H29N3O2. The molecule has 2 rings (SSSR count). The van der Waals surface area contributed by atoms with E-state index in [0.717, 1.165) is 25.8 Å². The minimum atomic E-state index is -0.116. The smallest absolute Gasteiger partial charge is 0.239 e. The molecule has 2 fully saturated rings. The number of hydrogen-bond donors (Lipinski definition) is 1. The summed E-state index contributed by atoms with van der Waals surface area (Å²) in [6.45, 7) is 3.42. The lowest BCUT2D eigenvalue weighted by Gasteiger charge is -2.31. The first kappa shape index (κ1) is 16.3. The van der Waals surface area contributed by atoms with Crippen molar-refractivity contribution in [3.63, 3.8) is 0 Å². The Hall–Kier alpha value is -1.10. The number of amides is 2. The van der Waals surface area contributed by atoms with Gasteiger partial charge in [-0.1, -0.05) is 19.8 Å². The van der Waals surface area contributed by atoms with Crippen LogP contribution < -0.4 is 5.32 Å². The van der Waals surface area contributed by atoms with Crippen molar-refractivity contribution >= 4 is 11.8 Å². The molecule has 1 saturated heterocycles. The molecule has 0 spiro atoms. The number of carbonyl (C=O) groups excluding carboxylic acids is 2. The molecule has 1 heterocycles. The van der Waals surface area contributed by atoms with E-state index in [0.29, 0.717) is 18.5 Å². The van der Waals surface area contributed by atoms with Gasteiger partial charge in [0.2, 0.25) is 11.8 Å². The Labute approximate surface area is 128 Å². The van der Waals surface area contributed by atoms with Crippen molar-refractivity contribution in [3.05, 3.63) is 0 Å². The number of likely N-dealkylation sites (tertiary alicyclic amines) is 1. The summed E-state index contributed by atoms with van der Waals surface area (Å²) in [5.41, 5.74) is 0. The SMILES string of the molecule is C[C@@H]1CCCC[C@@H]1NC(=O)CN1CCC[C@@H]1C(=O)N(C)C. The normalized spacial score (nSPS) is 30.1. The van der Waals surface area contributed by atoms with Crippen LogP contribution in [-0.2, 0) is 9.59 Å². The fraction of sp³-hybridized carbons (Fsp3) is 0.875.